The Morgan fingerprint density at radius 3 is 1.14 bits per heavy atom. The Labute approximate surface area is 368 Å². The van der Waals surface area contributed by atoms with E-state index < -0.39 is 20.0 Å². The van der Waals surface area contributed by atoms with Crippen LogP contribution in [0.15, 0.2) is 0 Å². The van der Waals surface area contributed by atoms with Crippen LogP contribution in [0.3, 0.4) is 0 Å². The number of nitrogens with zero attached hydrogens (tertiary/aromatic N) is 1. The van der Waals surface area contributed by atoms with Crippen LogP contribution in [0.5, 0.6) is 0 Å². The molecule has 0 saturated heterocycles. The van der Waals surface area contributed by atoms with Crippen molar-refractivity contribution in [1.29, 1.82) is 0 Å². The zero-order valence-corrected chi connectivity index (χ0v) is 41.2. The van der Waals surface area contributed by atoms with E-state index in [9.17, 15) is 19.4 Å². The molecule has 0 aliphatic rings. The molecule has 3 N–H and O–H groups in total. The maximum Gasteiger partial charge on any atom is 0.472 e. The van der Waals surface area contributed by atoms with E-state index in [0.717, 1.165) is 38.5 Å². The third kappa shape index (κ3) is 45.3. The topological polar surface area (TPSA) is 105 Å². The van der Waals surface area contributed by atoms with Crippen molar-refractivity contribution in [2.75, 3.05) is 40.9 Å². The summed E-state index contributed by atoms with van der Waals surface area (Å²) in [5.74, 6) is -0.140. The van der Waals surface area contributed by atoms with Gasteiger partial charge in [-0.3, -0.25) is 13.8 Å². The highest BCUT2D eigenvalue weighted by Gasteiger charge is 2.28. The van der Waals surface area contributed by atoms with Crippen LogP contribution in [0.2, 0.25) is 0 Å². The van der Waals surface area contributed by atoms with Gasteiger partial charge in [0.1, 0.15) is 13.2 Å². The smallest absolute Gasteiger partial charge is 0.391 e. The highest BCUT2D eigenvalue weighted by atomic mass is 31.2. The highest BCUT2D eigenvalue weighted by Crippen LogP contribution is 2.43. The van der Waals surface area contributed by atoms with Crippen LogP contribution in [0.4, 0.5) is 0 Å². The van der Waals surface area contributed by atoms with Gasteiger partial charge in [0.05, 0.1) is 39.9 Å². The number of hydrogen-bond acceptors (Lipinski definition) is 5. The summed E-state index contributed by atoms with van der Waals surface area (Å²) in [5, 5.41) is 13.9. The molecule has 1 amide bonds. The van der Waals surface area contributed by atoms with Crippen LogP contribution in [0.25, 0.3) is 0 Å². The number of aliphatic hydroxyl groups excluding tert-OH is 1. The molecular formula is C50H104N2O6P+. The molecule has 0 bridgehead atoms. The number of unbranched alkanes of at least 4 members (excludes halogenated alkanes) is 35. The second-order valence-corrected chi connectivity index (χ2v) is 20.7. The number of phosphoric ester groups is 1. The second kappa shape index (κ2) is 42.8. The van der Waals surface area contributed by atoms with Gasteiger partial charge in [0.2, 0.25) is 5.91 Å². The molecule has 0 fully saturated rings. The van der Waals surface area contributed by atoms with Crippen molar-refractivity contribution < 1.29 is 32.9 Å². The summed E-state index contributed by atoms with van der Waals surface area (Å²) in [7, 11) is 1.63. The lowest BCUT2D eigenvalue weighted by molar-refractivity contribution is -0.870. The molecule has 0 aromatic carbocycles. The number of carbonyl (C=O) groups is 1. The zero-order valence-electron chi connectivity index (χ0n) is 40.3. The van der Waals surface area contributed by atoms with Crippen molar-refractivity contribution >= 4 is 13.7 Å². The molecule has 59 heavy (non-hydrogen) atoms. The van der Waals surface area contributed by atoms with Crippen LogP contribution in [-0.4, -0.2) is 73.4 Å². The molecule has 0 aliphatic carbocycles. The van der Waals surface area contributed by atoms with E-state index in [-0.39, 0.29) is 19.1 Å². The Kier molecular flexibility index (Phi) is 42.4. The second-order valence-electron chi connectivity index (χ2n) is 19.3. The Hall–Kier alpha value is -0.500. The number of aliphatic hydroxyl groups is 1. The van der Waals surface area contributed by atoms with Gasteiger partial charge in [0, 0.05) is 6.42 Å². The molecule has 0 radical (unpaired) electrons. The molecule has 0 aromatic rings. The lowest BCUT2D eigenvalue weighted by Crippen LogP contribution is -2.46. The van der Waals surface area contributed by atoms with E-state index in [1.165, 1.54) is 199 Å². The maximum atomic E-state index is 12.9. The number of rotatable bonds is 48. The number of nitrogens with one attached hydrogen (secondary N) is 1. The van der Waals surface area contributed by atoms with Crippen LogP contribution in [0.1, 0.15) is 264 Å². The molecule has 1 unspecified atom stereocenters. The summed E-state index contributed by atoms with van der Waals surface area (Å²) < 4.78 is 23.6. The van der Waals surface area contributed by atoms with Crippen molar-refractivity contribution in [3.05, 3.63) is 0 Å². The molecule has 8 nitrogen and oxygen atoms in total. The Bertz CT molecular complexity index is 932. The van der Waals surface area contributed by atoms with Crippen molar-refractivity contribution in [2.24, 2.45) is 0 Å². The van der Waals surface area contributed by atoms with E-state index in [0.29, 0.717) is 23.9 Å². The van der Waals surface area contributed by atoms with Gasteiger partial charge in [-0.25, -0.2) is 4.57 Å². The first-order chi connectivity index (χ1) is 28.5. The molecule has 354 valence electrons. The summed E-state index contributed by atoms with van der Waals surface area (Å²) in [6.07, 6.45) is 48.7. The first-order valence-electron chi connectivity index (χ1n) is 25.9. The Balaban J connectivity index is 4.00. The third-order valence-corrected chi connectivity index (χ3v) is 13.1. The normalized spacial score (nSPS) is 14.1. The van der Waals surface area contributed by atoms with Gasteiger partial charge in [-0.05, 0) is 12.8 Å². The van der Waals surface area contributed by atoms with Crippen LogP contribution < -0.4 is 5.32 Å². The van der Waals surface area contributed by atoms with E-state index >= 15 is 0 Å². The molecule has 0 aromatic heterocycles. The van der Waals surface area contributed by atoms with E-state index in [2.05, 4.69) is 19.2 Å². The minimum atomic E-state index is -4.31. The number of likely N-dealkylation sites (N-methyl/N-ethyl adjacent to an activating group) is 1. The summed E-state index contributed by atoms with van der Waals surface area (Å²) in [6, 6.07) is -0.752. The van der Waals surface area contributed by atoms with Crippen molar-refractivity contribution in [3.8, 4) is 0 Å². The van der Waals surface area contributed by atoms with Gasteiger partial charge in [-0.1, -0.05) is 245 Å². The highest BCUT2D eigenvalue weighted by molar-refractivity contribution is 7.47. The van der Waals surface area contributed by atoms with Gasteiger partial charge in [-0.2, -0.15) is 0 Å². The van der Waals surface area contributed by atoms with Gasteiger partial charge in [-0.15, -0.1) is 0 Å². The summed E-state index contributed by atoms with van der Waals surface area (Å²) >= 11 is 0. The Morgan fingerprint density at radius 1 is 0.508 bits per heavy atom. The van der Waals surface area contributed by atoms with Crippen LogP contribution >= 0.6 is 7.82 Å². The molecule has 9 heteroatoms. The fraction of sp³-hybridized carbons (Fsp3) is 0.980. The fourth-order valence-electron chi connectivity index (χ4n) is 7.99. The maximum absolute atomic E-state index is 12.9. The zero-order chi connectivity index (χ0) is 43.6. The molecule has 0 spiro atoms. The van der Waals surface area contributed by atoms with Crippen LogP contribution in [-0.2, 0) is 18.4 Å². The number of hydrogen-bond donors (Lipinski definition) is 3. The minimum absolute atomic E-state index is 0.0785. The van der Waals surface area contributed by atoms with E-state index in [1.54, 1.807) is 0 Å². The largest absolute Gasteiger partial charge is 0.472 e. The SMILES string of the molecule is CCCCCCCCCCCCCCCCCCCCCCCCCCCCCC(=O)N[C@@H](COP(=O)(O)OCC[N+](C)(C)C)[C@H](O)CCCCCCCCCCCC. The van der Waals surface area contributed by atoms with Crippen molar-refractivity contribution in [1.82, 2.24) is 5.32 Å². The average molecular weight is 860 g/mol. The Morgan fingerprint density at radius 2 is 0.814 bits per heavy atom. The quantitative estimate of drug-likeness (QED) is 0.0320. The molecule has 0 aliphatic heterocycles. The predicted octanol–water partition coefficient (Wildman–Crippen LogP) is 14.9. The molecule has 0 heterocycles. The molecule has 3 atom stereocenters. The predicted molar refractivity (Wildman–Crippen MR) is 254 cm³/mol. The average Bonchev–Trinajstić information content (AvgIpc) is 3.19. The number of phosphoric acid groups is 1. The first-order valence-corrected chi connectivity index (χ1v) is 27.4. The van der Waals surface area contributed by atoms with Gasteiger partial charge >= 0.3 is 7.82 Å². The number of quaternary nitrogens is 1. The minimum Gasteiger partial charge on any atom is -0.391 e. The molecule has 0 rings (SSSR count). The number of amides is 1. The number of carbonyl (C=O) groups excluding carboxylic acids is 1. The van der Waals surface area contributed by atoms with Crippen molar-refractivity contribution in [3.63, 3.8) is 0 Å². The monoisotopic (exact) mass is 860 g/mol. The summed E-state index contributed by atoms with van der Waals surface area (Å²) in [6.45, 7) is 4.90. The van der Waals surface area contributed by atoms with E-state index in [4.69, 9.17) is 9.05 Å². The van der Waals surface area contributed by atoms with Gasteiger partial charge in [0.15, 0.2) is 0 Å². The van der Waals surface area contributed by atoms with E-state index in [1.807, 2.05) is 21.1 Å². The first kappa shape index (κ1) is 58.5. The lowest BCUT2D eigenvalue weighted by atomic mass is 10.0. The molecule has 0 saturated carbocycles. The van der Waals surface area contributed by atoms with Crippen molar-refractivity contribution in [2.45, 2.75) is 276 Å². The van der Waals surface area contributed by atoms with Gasteiger partial charge in [0.25, 0.3) is 0 Å². The van der Waals surface area contributed by atoms with Crippen LogP contribution in [0, 0.1) is 0 Å². The molecular weight excluding hydrogens is 756 g/mol. The van der Waals surface area contributed by atoms with Gasteiger partial charge < -0.3 is 19.8 Å². The standard InChI is InChI=1S/C50H103N2O6P/c1-6-8-10-12-14-16-18-19-20-21-22-23-24-25-26-27-28-29-30-31-32-33-34-36-38-40-42-44-50(54)51-48(47-58-59(55,56)57-46-45-52(3,4)5)49(53)43-41-39-37-35-17-15-13-11-9-7-2/h48-49,53H,6-47H2,1-5H3,(H-,51,54,55,56)/p+1/t48-,49+/m0/s1. The lowest BCUT2D eigenvalue weighted by Gasteiger charge is -2.26. The third-order valence-electron chi connectivity index (χ3n) is 12.1. The fourth-order valence-corrected chi connectivity index (χ4v) is 8.73. The summed E-state index contributed by atoms with van der Waals surface area (Å²) in [5.41, 5.74) is 0. The summed E-state index contributed by atoms with van der Waals surface area (Å²) in [4.78, 5) is 23.2.